The Kier molecular flexibility index (Phi) is 4.93. The maximum Gasteiger partial charge on any atom is 0.240 e. The van der Waals surface area contributed by atoms with E-state index in [0.29, 0.717) is 25.9 Å². The molecule has 0 amide bonds. The molecule has 1 aromatic rings. The summed E-state index contributed by atoms with van der Waals surface area (Å²) in [5, 5.41) is 8.88. The maximum atomic E-state index is 12.8. The molecule has 0 bridgehead atoms. The summed E-state index contributed by atoms with van der Waals surface area (Å²) in [4.78, 5) is 2.10. The van der Waals surface area contributed by atoms with Crippen molar-refractivity contribution in [2.24, 2.45) is 0 Å². The molecule has 5 nitrogen and oxygen atoms in total. The second-order valence-corrected chi connectivity index (χ2v) is 6.90. The molecule has 0 aliphatic carbocycles. The lowest BCUT2D eigenvalue weighted by Crippen LogP contribution is -2.46. The van der Waals surface area contributed by atoms with E-state index in [0.717, 1.165) is 12.1 Å². The summed E-state index contributed by atoms with van der Waals surface area (Å²) in [7, 11) is -3.62. The molecule has 0 saturated carbocycles. The van der Waals surface area contributed by atoms with Gasteiger partial charge >= 0.3 is 0 Å². The Morgan fingerprint density at radius 2 is 1.90 bits per heavy atom. The van der Waals surface area contributed by atoms with Crippen LogP contribution < -0.4 is 4.72 Å². The SMILES string of the molecule is CC(C#N)N1CCC(NS(=O)(=O)c2ccc(F)cc2)CC1. The van der Waals surface area contributed by atoms with Gasteiger partial charge in [0.1, 0.15) is 5.82 Å². The zero-order valence-corrected chi connectivity index (χ0v) is 12.6. The zero-order valence-electron chi connectivity index (χ0n) is 11.8. The van der Waals surface area contributed by atoms with Crippen LogP contribution in [0.2, 0.25) is 0 Å². The van der Waals surface area contributed by atoms with Crippen molar-refractivity contribution in [2.75, 3.05) is 13.1 Å². The molecule has 0 aromatic heterocycles. The molecule has 1 heterocycles. The zero-order chi connectivity index (χ0) is 15.5. The van der Waals surface area contributed by atoms with Gasteiger partial charge in [-0.3, -0.25) is 4.90 Å². The van der Waals surface area contributed by atoms with Gasteiger partial charge in [-0.25, -0.2) is 17.5 Å². The highest BCUT2D eigenvalue weighted by molar-refractivity contribution is 7.89. The molecule has 114 valence electrons. The second kappa shape index (κ2) is 6.52. The molecule has 1 fully saturated rings. The predicted molar refractivity (Wildman–Crippen MR) is 76.4 cm³/mol. The Labute approximate surface area is 124 Å². The molecule has 1 aliphatic rings. The van der Waals surface area contributed by atoms with Crippen LogP contribution in [0.5, 0.6) is 0 Å². The summed E-state index contributed by atoms with van der Waals surface area (Å²) in [6.45, 7) is 3.21. The van der Waals surface area contributed by atoms with Crippen LogP contribution in [-0.4, -0.2) is 38.5 Å². The number of piperidine rings is 1. The number of hydrogen-bond acceptors (Lipinski definition) is 4. The van der Waals surface area contributed by atoms with E-state index >= 15 is 0 Å². The van der Waals surface area contributed by atoms with Gasteiger partial charge < -0.3 is 0 Å². The molecule has 1 saturated heterocycles. The first kappa shape index (κ1) is 15.9. The van der Waals surface area contributed by atoms with Gasteiger partial charge in [0.15, 0.2) is 0 Å². The van der Waals surface area contributed by atoms with Crippen molar-refractivity contribution in [3.05, 3.63) is 30.1 Å². The average Bonchev–Trinajstić information content (AvgIpc) is 2.47. The van der Waals surface area contributed by atoms with E-state index in [1.165, 1.54) is 12.1 Å². The number of rotatable bonds is 4. The van der Waals surface area contributed by atoms with Crippen molar-refractivity contribution in [1.82, 2.24) is 9.62 Å². The number of hydrogen-bond donors (Lipinski definition) is 1. The van der Waals surface area contributed by atoms with Gasteiger partial charge in [-0.2, -0.15) is 5.26 Å². The molecule has 0 radical (unpaired) electrons. The lowest BCUT2D eigenvalue weighted by Gasteiger charge is -2.33. The molecule has 2 rings (SSSR count). The van der Waals surface area contributed by atoms with Crippen molar-refractivity contribution in [2.45, 2.75) is 36.7 Å². The Bertz CT molecular complexity index is 617. The highest BCUT2D eigenvalue weighted by Crippen LogP contribution is 2.16. The number of halogens is 1. The summed E-state index contributed by atoms with van der Waals surface area (Å²) in [5.41, 5.74) is 0. The molecule has 0 spiro atoms. The van der Waals surface area contributed by atoms with E-state index in [1.807, 2.05) is 11.8 Å². The molecular weight excluding hydrogens is 293 g/mol. The van der Waals surface area contributed by atoms with Crippen LogP contribution in [0.4, 0.5) is 4.39 Å². The summed E-state index contributed by atoms with van der Waals surface area (Å²) < 4.78 is 39.9. The van der Waals surface area contributed by atoms with Crippen LogP contribution in [0.25, 0.3) is 0 Å². The Hall–Kier alpha value is -1.49. The van der Waals surface area contributed by atoms with E-state index in [-0.39, 0.29) is 17.0 Å². The number of nitrogens with one attached hydrogen (secondary N) is 1. The van der Waals surface area contributed by atoms with Gasteiger partial charge in [0, 0.05) is 19.1 Å². The molecule has 1 atom stereocenters. The van der Waals surface area contributed by atoms with Gasteiger partial charge in [0.25, 0.3) is 0 Å². The number of nitrogens with zero attached hydrogens (tertiary/aromatic N) is 2. The fourth-order valence-electron chi connectivity index (χ4n) is 2.39. The minimum Gasteiger partial charge on any atom is -0.288 e. The van der Waals surface area contributed by atoms with Crippen molar-refractivity contribution in [3.63, 3.8) is 0 Å². The quantitative estimate of drug-likeness (QED) is 0.914. The lowest BCUT2D eigenvalue weighted by atomic mass is 10.0. The molecule has 1 N–H and O–H groups in total. The van der Waals surface area contributed by atoms with Crippen LogP contribution in [-0.2, 0) is 10.0 Å². The first-order chi connectivity index (χ1) is 9.92. The highest BCUT2D eigenvalue weighted by Gasteiger charge is 2.26. The minimum absolute atomic E-state index is 0.0664. The van der Waals surface area contributed by atoms with Crippen molar-refractivity contribution < 1.29 is 12.8 Å². The van der Waals surface area contributed by atoms with Gasteiger partial charge in [0.05, 0.1) is 17.0 Å². The van der Waals surface area contributed by atoms with Crippen LogP contribution >= 0.6 is 0 Å². The van der Waals surface area contributed by atoms with Gasteiger partial charge in [-0.05, 0) is 44.0 Å². The fourth-order valence-corrected chi connectivity index (χ4v) is 3.69. The summed E-state index contributed by atoms with van der Waals surface area (Å²) in [6, 6.07) is 6.65. The van der Waals surface area contributed by atoms with Crippen molar-refractivity contribution >= 4 is 10.0 Å². The van der Waals surface area contributed by atoms with Crippen LogP contribution in [0, 0.1) is 17.1 Å². The van der Waals surface area contributed by atoms with Gasteiger partial charge in [-0.1, -0.05) is 0 Å². The normalized spacial score (nSPS) is 19.1. The minimum atomic E-state index is -3.62. The van der Waals surface area contributed by atoms with Crippen LogP contribution in [0.1, 0.15) is 19.8 Å². The fraction of sp³-hybridized carbons (Fsp3) is 0.500. The summed E-state index contributed by atoms with van der Waals surface area (Å²) in [5.74, 6) is -0.465. The third-order valence-electron chi connectivity index (χ3n) is 3.71. The Morgan fingerprint density at radius 1 is 1.33 bits per heavy atom. The first-order valence-corrected chi connectivity index (χ1v) is 8.32. The molecule has 7 heteroatoms. The average molecular weight is 311 g/mol. The third-order valence-corrected chi connectivity index (χ3v) is 5.25. The van der Waals surface area contributed by atoms with E-state index in [9.17, 15) is 12.8 Å². The van der Waals surface area contributed by atoms with Gasteiger partial charge in [-0.15, -0.1) is 0 Å². The molecule has 1 aliphatic heterocycles. The number of nitriles is 1. The predicted octanol–water partition coefficient (Wildman–Crippen LogP) is 1.48. The van der Waals surface area contributed by atoms with E-state index in [4.69, 9.17) is 5.26 Å². The summed E-state index contributed by atoms with van der Waals surface area (Å²) in [6.07, 6.45) is 1.32. The Morgan fingerprint density at radius 3 is 2.43 bits per heavy atom. The first-order valence-electron chi connectivity index (χ1n) is 6.84. The summed E-state index contributed by atoms with van der Waals surface area (Å²) >= 11 is 0. The Balaban J connectivity index is 1.97. The maximum absolute atomic E-state index is 12.8. The number of likely N-dealkylation sites (tertiary alicyclic amines) is 1. The van der Waals surface area contributed by atoms with Crippen LogP contribution in [0.15, 0.2) is 29.2 Å². The lowest BCUT2D eigenvalue weighted by molar-refractivity contribution is 0.186. The standard InChI is InChI=1S/C14H18FN3O2S/c1-11(10-16)18-8-6-13(7-9-18)17-21(19,20)14-4-2-12(15)3-5-14/h2-5,11,13,17H,6-9H2,1H3. The van der Waals surface area contributed by atoms with Crippen molar-refractivity contribution in [3.8, 4) is 6.07 Å². The number of sulfonamides is 1. The molecular formula is C14H18FN3O2S. The molecule has 1 aromatic carbocycles. The highest BCUT2D eigenvalue weighted by atomic mass is 32.2. The molecule has 21 heavy (non-hydrogen) atoms. The van der Waals surface area contributed by atoms with Crippen LogP contribution in [0.3, 0.4) is 0 Å². The third kappa shape index (κ3) is 4.00. The molecule has 1 unspecified atom stereocenters. The van der Waals surface area contributed by atoms with E-state index < -0.39 is 15.8 Å². The van der Waals surface area contributed by atoms with E-state index in [2.05, 4.69) is 10.8 Å². The second-order valence-electron chi connectivity index (χ2n) is 5.19. The topological polar surface area (TPSA) is 73.2 Å². The van der Waals surface area contributed by atoms with Gasteiger partial charge in [0.2, 0.25) is 10.0 Å². The smallest absolute Gasteiger partial charge is 0.240 e. The number of benzene rings is 1. The van der Waals surface area contributed by atoms with E-state index in [1.54, 1.807) is 0 Å². The largest absolute Gasteiger partial charge is 0.288 e. The van der Waals surface area contributed by atoms with Crippen molar-refractivity contribution in [1.29, 1.82) is 5.26 Å². The monoisotopic (exact) mass is 311 g/mol.